The molecular weight excluding hydrogens is 394 g/mol. The van der Waals surface area contributed by atoms with Gasteiger partial charge in [0.25, 0.3) is 0 Å². The molecule has 0 unspecified atom stereocenters. The van der Waals surface area contributed by atoms with Gasteiger partial charge in [-0.05, 0) is 36.4 Å². The van der Waals surface area contributed by atoms with Gasteiger partial charge in [0.15, 0.2) is 5.13 Å². The largest absolute Gasteiger partial charge is 0.290 e. The average molecular weight is 410 g/mol. The summed E-state index contributed by atoms with van der Waals surface area (Å²) in [6, 6.07) is 13.4. The van der Waals surface area contributed by atoms with Crippen LogP contribution >= 0.6 is 22.9 Å². The van der Waals surface area contributed by atoms with Crippen molar-refractivity contribution in [3.8, 4) is 0 Å². The number of aromatic nitrogens is 1. The summed E-state index contributed by atoms with van der Waals surface area (Å²) in [5.41, 5.74) is 0.800. The first kappa shape index (κ1) is 18.8. The second kappa shape index (κ2) is 7.32. The molecule has 0 bridgehead atoms. The van der Waals surface area contributed by atoms with E-state index in [1.54, 1.807) is 7.05 Å². The first-order valence-electron chi connectivity index (χ1n) is 7.63. The van der Waals surface area contributed by atoms with Gasteiger partial charge in [-0.2, -0.15) is 4.31 Å². The van der Waals surface area contributed by atoms with Crippen LogP contribution in [0.2, 0.25) is 5.02 Å². The summed E-state index contributed by atoms with van der Waals surface area (Å²) in [6.45, 7) is -0.294. The van der Waals surface area contributed by atoms with Crippen LogP contribution in [0.4, 0.5) is 5.13 Å². The van der Waals surface area contributed by atoms with Gasteiger partial charge >= 0.3 is 0 Å². The molecule has 0 saturated heterocycles. The van der Waals surface area contributed by atoms with Crippen LogP contribution in [0.15, 0.2) is 53.4 Å². The molecule has 9 heteroatoms. The molecule has 0 aliphatic carbocycles. The lowest BCUT2D eigenvalue weighted by Gasteiger charge is -2.20. The van der Waals surface area contributed by atoms with Crippen molar-refractivity contribution in [1.82, 2.24) is 9.29 Å². The van der Waals surface area contributed by atoms with E-state index in [1.165, 1.54) is 47.5 Å². The van der Waals surface area contributed by atoms with Crippen LogP contribution in [0.25, 0.3) is 10.2 Å². The molecule has 136 valence electrons. The maximum absolute atomic E-state index is 12.6. The predicted molar refractivity (Wildman–Crippen MR) is 104 cm³/mol. The molecule has 0 radical (unpaired) electrons. The highest BCUT2D eigenvalue weighted by Crippen LogP contribution is 2.28. The number of thiazole rings is 1. The first-order chi connectivity index (χ1) is 12.3. The highest BCUT2D eigenvalue weighted by molar-refractivity contribution is 7.89. The minimum absolute atomic E-state index is 0.0832. The van der Waals surface area contributed by atoms with Gasteiger partial charge in [-0.1, -0.05) is 35.1 Å². The normalized spacial score (nSPS) is 11.8. The molecule has 0 aliphatic heterocycles. The average Bonchev–Trinajstić information content (AvgIpc) is 3.05. The van der Waals surface area contributed by atoms with Crippen LogP contribution in [0.5, 0.6) is 0 Å². The third-order valence-corrected chi connectivity index (χ3v) is 7.01. The zero-order chi connectivity index (χ0) is 18.9. The fourth-order valence-corrected chi connectivity index (χ4v) is 4.47. The van der Waals surface area contributed by atoms with E-state index in [1.807, 2.05) is 24.3 Å². The fraction of sp³-hybridized carbons (Fsp3) is 0.176. The molecule has 6 nitrogen and oxygen atoms in total. The molecule has 3 rings (SSSR count). The molecule has 1 aromatic heterocycles. The van der Waals surface area contributed by atoms with E-state index >= 15 is 0 Å². The minimum Gasteiger partial charge on any atom is -0.290 e. The SMILES string of the molecule is CN(C(=O)CN(C)S(=O)(=O)c1ccc(Cl)cc1)c1nc2ccccc2s1. The summed E-state index contributed by atoms with van der Waals surface area (Å²) in [4.78, 5) is 18.4. The van der Waals surface area contributed by atoms with Crippen LogP contribution in [0, 0.1) is 0 Å². The lowest BCUT2D eigenvalue weighted by molar-refractivity contribution is -0.118. The van der Waals surface area contributed by atoms with Crippen LogP contribution in [0.3, 0.4) is 0 Å². The van der Waals surface area contributed by atoms with Crippen molar-refractivity contribution in [1.29, 1.82) is 0 Å². The topological polar surface area (TPSA) is 70.6 Å². The van der Waals surface area contributed by atoms with E-state index in [2.05, 4.69) is 4.98 Å². The van der Waals surface area contributed by atoms with Crippen molar-refractivity contribution in [2.24, 2.45) is 0 Å². The lowest BCUT2D eigenvalue weighted by Crippen LogP contribution is -2.39. The van der Waals surface area contributed by atoms with Crippen molar-refractivity contribution < 1.29 is 13.2 Å². The number of carbonyl (C=O) groups is 1. The number of fused-ring (bicyclic) bond motifs is 1. The van der Waals surface area contributed by atoms with Crippen LogP contribution < -0.4 is 4.90 Å². The molecule has 0 spiro atoms. The number of benzene rings is 2. The number of halogens is 1. The molecule has 0 saturated carbocycles. The summed E-state index contributed by atoms with van der Waals surface area (Å²) >= 11 is 7.17. The van der Waals surface area contributed by atoms with Gasteiger partial charge in [0.05, 0.1) is 21.7 Å². The maximum atomic E-state index is 12.6. The number of amides is 1. The Kier molecular flexibility index (Phi) is 5.29. The Morgan fingerprint density at radius 2 is 1.77 bits per heavy atom. The van der Waals surface area contributed by atoms with Gasteiger partial charge in [0.2, 0.25) is 15.9 Å². The number of rotatable bonds is 5. The van der Waals surface area contributed by atoms with Crippen LogP contribution in [0.1, 0.15) is 0 Å². The zero-order valence-corrected chi connectivity index (χ0v) is 16.5. The van der Waals surface area contributed by atoms with Gasteiger partial charge in [0.1, 0.15) is 0 Å². The van der Waals surface area contributed by atoms with Gasteiger partial charge in [0, 0.05) is 19.1 Å². The Morgan fingerprint density at radius 3 is 2.42 bits per heavy atom. The first-order valence-corrected chi connectivity index (χ1v) is 10.3. The fourth-order valence-electron chi connectivity index (χ4n) is 2.28. The Hall–Kier alpha value is -2.00. The summed E-state index contributed by atoms with van der Waals surface area (Å²) in [6.07, 6.45) is 0. The predicted octanol–water partition coefficient (Wildman–Crippen LogP) is 3.23. The third-order valence-electron chi connectivity index (χ3n) is 3.82. The molecule has 0 fully saturated rings. The molecule has 3 aromatic rings. The van der Waals surface area contributed by atoms with Gasteiger partial charge < -0.3 is 0 Å². The van der Waals surface area contributed by atoms with Crippen molar-refractivity contribution in [3.63, 3.8) is 0 Å². The summed E-state index contributed by atoms with van der Waals surface area (Å²) in [5.74, 6) is -0.371. The van der Waals surface area contributed by atoms with E-state index in [9.17, 15) is 13.2 Å². The number of sulfonamides is 1. The van der Waals surface area contributed by atoms with Gasteiger partial charge in [-0.15, -0.1) is 0 Å². The smallest absolute Gasteiger partial charge is 0.243 e. The second-order valence-electron chi connectivity index (χ2n) is 5.63. The monoisotopic (exact) mass is 409 g/mol. The number of hydrogen-bond donors (Lipinski definition) is 0. The standard InChI is InChI=1S/C17H16ClN3O3S2/c1-20(26(23,24)13-9-7-12(18)8-10-13)11-16(22)21(2)17-19-14-5-3-4-6-15(14)25-17/h3-10H,11H2,1-2H3. The number of anilines is 1. The Morgan fingerprint density at radius 1 is 1.12 bits per heavy atom. The maximum Gasteiger partial charge on any atom is 0.243 e. The van der Waals surface area contributed by atoms with Crippen molar-refractivity contribution in [2.75, 3.05) is 25.5 Å². The van der Waals surface area contributed by atoms with E-state index in [0.717, 1.165) is 14.5 Å². The van der Waals surface area contributed by atoms with Gasteiger partial charge in [-0.3, -0.25) is 9.69 Å². The zero-order valence-electron chi connectivity index (χ0n) is 14.1. The van der Waals surface area contributed by atoms with E-state index < -0.39 is 10.0 Å². The summed E-state index contributed by atoms with van der Waals surface area (Å²) in [5, 5.41) is 0.965. The number of carbonyl (C=O) groups excluding carboxylic acids is 1. The molecule has 0 aliphatic rings. The number of nitrogens with zero attached hydrogens (tertiary/aromatic N) is 3. The van der Waals surface area contributed by atoms with Crippen LogP contribution in [-0.4, -0.2) is 44.3 Å². The Bertz CT molecular complexity index is 1020. The highest BCUT2D eigenvalue weighted by Gasteiger charge is 2.25. The quantitative estimate of drug-likeness (QED) is 0.648. The Labute approximate surface area is 160 Å². The third kappa shape index (κ3) is 3.73. The minimum atomic E-state index is -3.78. The molecule has 0 N–H and O–H groups in total. The Balaban J connectivity index is 1.76. The lowest BCUT2D eigenvalue weighted by atomic mass is 10.3. The number of para-hydroxylation sites is 1. The highest BCUT2D eigenvalue weighted by atomic mass is 35.5. The molecular formula is C17H16ClN3O3S2. The number of hydrogen-bond acceptors (Lipinski definition) is 5. The molecule has 26 heavy (non-hydrogen) atoms. The molecule has 0 atom stereocenters. The van der Waals surface area contributed by atoms with E-state index in [0.29, 0.717) is 10.2 Å². The van der Waals surface area contributed by atoms with Gasteiger partial charge in [-0.25, -0.2) is 13.4 Å². The van der Waals surface area contributed by atoms with Crippen LogP contribution in [-0.2, 0) is 14.8 Å². The summed E-state index contributed by atoms with van der Waals surface area (Å²) < 4.78 is 27.1. The van der Waals surface area contributed by atoms with Crippen molar-refractivity contribution in [3.05, 3.63) is 53.6 Å². The molecule has 1 amide bonds. The summed E-state index contributed by atoms with van der Waals surface area (Å²) in [7, 11) is -0.826. The van der Waals surface area contributed by atoms with E-state index in [-0.39, 0.29) is 17.3 Å². The number of likely N-dealkylation sites (N-methyl/N-ethyl adjacent to an activating group) is 2. The van der Waals surface area contributed by atoms with E-state index in [4.69, 9.17) is 11.6 Å². The van der Waals surface area contributed by atoms with Crippen molar-refractivity contribution in [2.45, 2.75) is 4.90 Å². The second-order valence-corrected chi connectivity index (χ2v) is 9.12. The van der Waals surface area contributed by atoms with Crippen molar-refractivity contribution >= 4 is 54.2 Å². The molecule has 2 aromatic carbocycles. The molecule has 1 heterocycles.